The number of imidazole rings is 1. The summed E-state index contributed by atoms with van der Waals surface area (Å²) < 4.78 is 6.93. The van der Waals surface area contributed by atoms with Crippen LogP contribution in [-0.2, 0) is 4.74 Å². The zero-order chi connectivity index (χ0) is 13.7. The van der Waals surface area contributed by atoms with Crippen LogP contribution in [0, 0.1) is 6.92 Å². The number of aryl methyl sites for hydroxylation is 1. The van der Waals surface area contributed by atoms with Gasteiger partial charge in [0.2, 0.25) is 0 Å². The highest BCUT2D eigenvalue weighted by Crippen LogP contribution is 2.07. The Morgan fingerprint density at radius 1 is 1.53 bits per heavy atom. The fourth-order valence-corrected chi connectivity index (χ4v) is 1.76. The molecule has 2 heterocycles. The fraction of sp³-hybridized carbons (Fsp3) is 0.385. The van der Waals surface area contributed by atoms with E-state index in [0.717, 1.165) is 11.3 Å². The van der Waals surface area contributed by atoms with Crippen LogP contribution in [0.2, 0.25) is 0 Å². The maximum absolute atomic E-state index is 11.9. The van der Waals surface area contributed by atoms with E-state index in [4.69, 9.17) is 9.84 Å². The van der Waals surface area contributed by atoms with Gasteiger partial charge in [-0.15, -0.1) is 0 Å². The Morgan fingerprint density at radius 3 is 3.16 bits per heavy atom. The maximum Gasteiger partial charge on any atom is 0.251 e. The van der Waals surface area contributed by atoms with Gasteiger partial charge in [0, 0.05) is 24.5 Å². The molecule has 0 saturated carbocycles. The first-order valence-corrected chi connectivity index (χ1v) is 6.13. The molecule has 0 radical (unpaired) electrons. The van der Waals surface area contributed by atoms with Gasteiger partial charge in [-0.2, -0.15) is 0 Å². The lowest BCUT2D eigenvalue weighted by atomic mass is 10.2. The molecule has 6 heteroatoms. The van der Waals surface area contributed by atoms with Gasteiger partial charge in [-0.05, 0) is 19.1 Å². The van der Waals surface area contributed by atoms with Crippen molar-refractivity contribution in [3.63, 3.8) is 0 Å². The topological polar surface area (TPSA) is 75.9 Å². The number of ether oxygens (including phenoxy) is 1. The van der Waals surface area contributed by atoms with Gasteiger partial charge in [0.25, 0.3) is 5.91 Å². The molecular weight excluding hydrogens is 246 g/mol. The Morgan fingerprint density at radius 2 is 2.37 bits per heavy atom. The lowest BCUT2D eigenvalue weighted by Gasteiger charge is -2.05. The summed E-state index contributed by atoms with van der Waals surface area (Å²) in [6.45, 7) is 2.98. The molecule has 6 nitrogen and oxygen atoms in total. The number of hydrogen-bond acceptors (Lipinski definition) is 4. The maximum atomic E-state index is 11.9. The SMILES string of the molecule is Cc1cn2ccc(C(=O)NCCOCCO)cc2n1. The summed E-state index contributed by atoms with van der Waals surface area (Å²) in [4.78, 5) is 16.2. The van der Waals surface area contributed by atoms with Gasteiger partial charge in [0.15, 0.2) is 0 Å². The molecule has 2 aromatic rings. The molecule has 2 aromatic heterocycles. The predicted octanol–water partition coefficient (Wildman–Crippen LogP) is 0.381. The average Bonchev–Trinajstić information content (AvgIpc) is 2.77. The van der Waals surface area contributed by atoms with E-state index < -0.39 is 0 Å². The number of aliphatic hydroxyl groups is 1. The zero-order valence-electron chi connectivity index (χ0n) is 10.8. The summed E-state index contributed by atoms with van der Waals surface area (Å²) in [7, 11) is 0. The molecule has 0 bridgehead atoms. The normalized spacial score (nSPS) is 10.8. The number of nitrogens with one attached hydrogen (secondary N) is 1. The predicted molar refractivity (Wildman–Crippen MR) is 70.2 cm³/mol. The van der Waals surface area contributed by atoms with Gasteiger partial charge >= 0.3 is 0 Å². The highest BCUT2D eigenvalue weighted by molar-refractivity contribution is 5.95. The van der Waals surface area contributed by atoms with Crippen molar-refractivity contribution in [2.24, 2.45) is 0 Å². The molecule has 0 spiro atoms. The minimum atomic E-state index is -0.157. The van der Waals surface area contributed by atoms with E-state index in [0.29, 0.717) is 18.7 Å². The number of rotatable bonds is 6. The number of carbonyl (C=O) groups excluding carboxylic acids is 1. The monoisotopic (exact) mass is 263 g/mol. The lowest BCUT2D eigenvalue weighted by Crippen LogP contribution is -2.27. The summed E-state index contributed by atoms with van der Waals surface area (Å²) in [5.41, 5.74) is 2.23. The number of amides is 1. The average molecular weight is 263 g/mol. The van der Waals surface area contributed by atoms with E-state index in [-0.39, 0.29) is 19.1 Å². The third kappa shape index (κ3) is 3.52. The molecular formula is C13H17N3O3. The first-order valence-electron chi connectivity index (χ1n) is 6.13. The summed E-state index contributed by atoms with van der Waals surface area (Å²) in [6, 6.07) is 3.49. The van der Waals surface area contributed by atoms with Crippen molar-refractivity contribution >= 4 is 11.6 Å². The molecule has 2 N–H and O–H groups in total. The fourth-order valence-electron chi connectivity index (χ4n) is 1.76. The Bertz CT molecular complexity index is 565. The molecule has 0 aliphatic rings. The van der Waals surface area contributed by atoms with Crippen molar-refractivity contribution in [3.8, 4) is 0 Å². The first-order chi connectivity index (χ1) is 9.20. The second-order valence-corrected chi connectivity index (χ2v) is 4.16. The van der Waals surface area contributed by atoms with E-state index in [1.54, 1.807) is 12.1 Å². The standard InChI is InChI=1S/C13H17N3O3/c1-10-9-16-4-2-11(8-12(16)15-10)13(18)14-3-6-19-7-5-17/h2,4,8-9,17H,3,5-7H2,1H3,(H,14,18). The van der Waals surface area contributed by atoms with Crippen LogP contribution in [0.4, 0.5) is 0 Å². The van der Waals surface area contributed by atoms with Gasteiger partial charge in [0.1, 0.15) is 5.65 Å². The van der Waals surface area contributed by atoms with Crippen LogP contribution in [0.5, 0.6) is 0 Å². The van der Waals surface area contributed by atoms with Crippen molar-refractivity contribution in [1.82, 2.24) is 14.7 Å². The van der Waals surface area contributed by atoms with Gasteiger partial charge in [-0.3, -0.25) is 4.79 Å². The minimum absolute atomic E-state index is 0.0101. The molecule has 0 aromatic carbocycles. The van der Waals surface area contributed by atoms with Crippen LogP contribution < -0.4 is 5.32 Å². The van der Waals surface area contributed by atoms with Crippen LogP contribution in [0.1, 0.15) is 16.1 Å². The second kappa shape index (κ2) is 6.31. The molecule has 0 atom stereocenters. The Balaban J connectivity index is 1.93. The van der Waals surface area contributed by atoms with Gasteiger partial charge in [-0.1, -0.05) is 0 Å². The van der Waals surface area contributed by atoms with Crippen molar-refractivity contribution in [3.05, 3.63) is 35.8 Å². The summed E-state index contributed by atoms with van der Waals surface area (Å²) in [5, 5.41) is 11.3. The van der Waals surface area contributed by atoms with Crippen LogP contribution in [0.15, 0.2) is 24.5 Å². The molecule has 102 valence electrons. The third-order valence-electron chi connectivity index (χ3n) is 2.61. The Kier molecular flexibility index (Phi) is 4.48. The van der Waals surface area contributed by atoms with Gasteiger partial charge in [-0.25, -0.2) is 4.98 Å². The quantitative estimate of drug-likeness (QED) is 0.739. The molecule has 1 amide bonds. The molecule has 0 saturated heterocycles. The van der Waals surface area contributed by atoms with E-state index >= 15 is 0 Å². The smallest absolute Gasteiger partial charge is 0.251 e. The minimum Gasteiger partial charge on any atom is -0.394 e. The van der Waals surface area contributed by atoms with Crippen LogP contribution in [0.25, 0.3) is 5.65 Å². The number of nitrogens with zero attached hydrogens (tertiary/aromatic N) is 2. The number of fused-ring (bicyclic) bond motifs is 1. The van der Waals surface area contributed by atoms with Crippen molar-refractivity contribution in [2.45, 2.75) is 6.92 Å². The first kappa shape index (κ1) is 13.5. The number of pyridine rings is 1. The summed E-state index contributed by atoms with van der Waals surface area (Å²) in [5.74, 6) is -0.157. The van der Waals surface area contributed by atoms with Crippen molar-refractivity contribution in [1.29, 1.82) is 0 Å². The largest absolute Gasteiger partial charge is 0.394 e. The number of hydrogen-bond donors (Lipinski definition) is 2. The summed E-state index contributed by atoms with van der Waals surface area (Å²) in [6.07, 6.45) is 3.71. The molecule has 0 aliphatic heterocycles. The van der Waals surface area contributed by atoms with Gasteiger partial charge in [0.05, 0.1) is 25.5 Å². The Labute approximate surface area is 111 Å². The third-order valence-corrected chi connectivity index (χ3v) is 2.61. The van der Waals surface area contributed by atoms with Crippen LogP contribution in [-0.4, -0.2) is 46.8 Å². The number of carbonyl (C=O) groups is 1. The highest BCUT2D eigenvalue weighted by Gasteiger charge is 2.06. The Hall–Kier alpha value is -1.92. The molecule has 2 rings (SSSR count). The van der Waals surface area contributed by atoms with Gasteiger partial charge < -0.3 is 19.6 Å². The lowest BCUT2D eigenvalue weighted by molar-refractivity contribution is 0.0838. The van der Waals surface area contributed by atoms with Crippen molar-refractivity contribution < 1.29 is 14.6 Å². The van der Waals surface area contributed by atoms with E-state index in [2.05, 4.69) is 10.3 Å². The zero-order valence-corrected chi connectivity index (χ0v) is 10.8. The van der Waals surface area contributed by atoms with Crippen LogP contribution in [0.3, 0.4) is 0 Å². The highest BCUT2D eigenvalue weighted by atomic mass is 16.5. The second-order valence-electron chi connectivity index (χ2n) is 4.16. The molecule has 0 aliphatic carbocycles. The number of aliphatic hydroxyl groups excluding tert-OH is 1. The van der Waals surface area contributed by atoms with E-state index in [9.17, 15) is 4.79 Å². The molecule has 0 unspecified atom stereocenters. The summed E-state index contributed by atoms with van der Waals surface area (Å²) >= 11 is 0. The van der Waals surface area contributed by atoms with Crippen LogP contribution >= 0.6 is 0 Å². The van der Waals surface area contributed by atoms with E-state index in [1.165, 1.54) is 0 Å². The van der Waals surface area contributed by atoms with E-state index in [1.807, 2.05) is 23.7 Å². The molecule has 0 fully saturated rings. The molecule has 19 heavy (non-hydrogen) atoms. The van der Waals surface area contributed by atoms with Crippen molar-refractivity contribution in [2.75, 3.05) is 26.4 Å². The number of aromatic nitrogens is 2.